The second-order valence-electron chi connectivity index (χ2n) is 3.86. The maximum atomic E-state index is 11.6. The molecule has 0 spiro atoms. The molecule has 0 radical (unpaired) electrons. The van der Waals surface area contributed by atoms with Crippen molar-refractivity contribution < 1.29 is 14.3 Å². The highest BCUT2D eigenvalue weighted by Gasteiger charge is 2.32. The Labute approximate surface area is 97.9 Å². The molecule has 1 saturated carbocycles. The summed E-state index contributed by atoms with van der Waals surface area (Å²) in [5, 5.41) is 2.73. The third-order valence-corrected chi connectivity index (χ3v) is 3.35. The number of halogens is 1. The highest BCUT2D eigenvalue weighted by molar-refractivity contribution is 9.10. The van der Waals surface area contributed by atoms with E-state index in [0.29, 0.717) is 5.92 Å². The molecule has 1 aliphatic carbocycles. The molecule has 15 heavy (non-hydrogen) atoms. The molecule has 0 aromatic carbocycles. The number of nitrogens with one attached hydrogen (secondary N) is 1. The average molecular weight is 278 g/mol. The van der Waals surface area contributed by atoms with Crippen LogP contribution in [0.5, 0.6) is 0 Å². The summed E-state index contributed by atoms with van der Waals surface area (Å²) in [7, 11) is 1.32. The molecule has 1 aliphatic rings. The third kappa shape index (κ3) is 3.81. The fourth-order valence-corrected chi connectivity index (χ4v) is 1.72. The number of esters is 1. The summed E-state index contributed by atoms with van der Waals surface area (Å²) in [6, 6.07) is 0. The highest BCUT2D eigenvalue weighted by Crippen LogP contribution is 2.36. The quantitative estimate of drug-likeness (QED) is 0.605. The number of ether oxygens (including phenoxy) is 1. The smallest absolute Gasteiger partial charge is 0.321 e. The minimum Gasteiger partial charge on any atom is -0.468 e. The normalized spacial score (nSPS) is 19.1. The minimum absolute atomic E-state index is 0.0193. The lowest BCUT2D eigenvalue weighted by molar-refractivity contribution is -0.139. The second-order valence-corrected chi connectivity index (χ2v) is 4.97. The van der Waals surface area contributed by atoms with Crippen molar-refractivity contribution in [1.82, 2.24) is 5.32 Å². The molecule has 1 rings (SSSR count). The summed E-state index contributed by atoms with van der Waals surface area (Å²) in [6.45, 7) is 2.21. The zero-order valence-electron chi connectivity index (χ0n) is 8.96. The van der Waals surface area contributed by atoms with Crippen molar-refractivity contribution in [2.45, 2.75) is 24.6 Å². The number of carbonyl (C=O) groups excluding carboxylic acids is 2. The molecule has 1 amide bonds. The van der Waals surface area contributed by atoms with Crippen LogP contribution in [0.4, 0.5) is 0 Å². The van der Waals surface area contributed by atoms with E-state index in [2.05, 4.69) is 26.0 Å². The lowest BCUT2D eigenvalue weighted by Gasteiger charge is -2.13. The minimum atomic E-state index is -0.460. The molecule has 0 aromatic heterocycles. The van der Waals surface area contributed by atoms with Crippen molar-refractivity contribution in [3.8, 4) is 0 Å². The van der Waals surface area contributed by atoms with Gasteiger partial charge in [0.25, 0.3) is 0 Å². The Kier molecular flexibility index (Phi) is 4.57. The summed E-state index contributed by atoms with van der Waals surface area (Å²) < 4.78 is 4.53. The first kappa shape index (κ1) is 12.5. The van der Waals surface area contributed by atoms with Gasteiger partial charge in [-0.25, -0.2) is 0 Å². The third-order valence-electron chi connectivity index (χ3n) is 2.66. The molecule has 2 atom stereocenters. The summed E-state index contributed by atoms with van der Waals surface area (Å²) in [4.78, 5) is 22.1. The van der Waals surface area contributed by atoms with E-state index in [-0.39, 0.29) is 24.3 Å². The number of carbonyl (C=O) groups is 2. The van der Waals surface area contributed by atoms with Gasteiger partial charge in [0.15, 0.2) is 0 Å². The van der Waals surface area contributed by atoms with Crippen LogP contribution in [0.3, 0.4) is 0 Å². The average Bonchev–Trinajstić information content (AvgIpc) is 3.06. The van der Waals surface area contributed by atoms with Gasteiger partial charge in [0.2, 0.25) is 5.91 Å². The van der Waals surface area contributed by atoms with Crippen LogP contribution in [0.25, 0.3) is 0 Å². The van der Waals surface area contributed by atoms with E-state index in [9.17, 15) is 9.59 Å². The molecule has 0 saturated heterocycles. The molecule has 86 valence electrons. The van der Waals surface area contributed by atoms with Gasteiger partial charge < -0.3 is 10.1 Å². The van der Waals surface area contributed by atoms with Crippen LogP contribution in [-0.2, 0) is 14.3 Å². The first-order valence-electron chi connectivity index (χ1n) is 5.06. The Morgan fingerprint density at radius 2 is 2.13 bits per heavy atom. The Morgan fingerprint density at radius 3 is 2.60 bits per heavy atom. The van der Waals surface area contributed by atoms with Crippen molar-refractivity contribution >= 4 is 27.8 Å². The predicted octanol–water partition coefficient (Wildman–Crippen LogP) is 1.09. The topological polar surface area (TPSA) is 55.4 Å². The number of hydrogen-bond donors (Lipinski definition) is 1. The Bertz CT molecular complexity index is 253. The molecular weight excluding hydrogens is 262 g/mol. The maximum Gasteiger partial charge on any atom is 0.321 e. The molecule has 0 aliphatic heterocycles. The molecule has 1 fully saturated rings. The van der Waals surface area contributed by atoms with Gasteiger partial charge in [0.1, 0.15) is 4.83 Å². The van der Waals surface area contributed by atoms with Crippen molar-refractivity contribution in [1.29, 1.82) is 0 Å². The van der Waals surface area contributed by atoms with Gasteiger partial charge in [-0.2, -0.15) is 0 Å². The van der Waals surface area contributed by atoms with Crippen molar-refractivity contribution in [2.24, 2.45) is 11.8 Å². The lowest BCUT2D eigenvalue weighted by atomic mass is 10.1. The Balaban J connectivity index is 2.23. The zero-order valence-corrected chi connectivity index (χ0v) is 10.5. The van der Waals surface area contributed by atoms with Gasteiger partial charge >= 0.3 is 5.97 Å². The van der Waals surface area contributed by atoms with E-state index in [4.69, 9.17) is 0 Å². The fraction of sp³-hybridized carbons (Fsp3) is 0.800. The SMILES string of the molecule is COC(=O)C(Br)CNC(=O)C(C)C1CC1. The van der Waals surface area contributed by atoms with Gasteiger partial charge in [-0.1, -0.05) is 22.9 Å². The summed E-state index contributed by atoms with van der Waals surface area (Å²) >= 11 is 3.14. The second kappa shape index (κ2) is 5.49. The molecular formula is C10H16BrNO3. The number of rotatable bonds is 5. The van der Waals surface area contributed by atoms with Gasteiger partial charge in [0, 0.05) is 12.5 Å². The summed E-state index contributed by atoms with van der Waals surface area (Å²) in [5.41, 5.74) is 0. The van der Waals surface area contributed by atoms with Crippen molar-refractivity contribution in [3.05, 3.63) is 0 Å². The van der Waals surface area contributed by atoms with Gasteiger partial charge in [-0.05, 0) is 18.8 Å². The maximum absolute atomic E-state index is 11.6. The molecule has 4 nitrogen and oxygen atoms in total. The van der Waals surface area contributed by atoms with Crippen LogP contribution in [-0.4, -0.2) is 30.4 Å². The van der Waals surface area contributed by atoms with Gasteiger partial charge in [-0.15, -0.1) is 0 Å². The summed E-state index contributed by atoms with van der Waals surface area (Å²) in [6.07, 6.45) is 2.28. The van der Waals surface area contributed by atoms with E-state index in [1.807, 2.05) is 6.92 Å². The molecule has 0 aromatic rings. The highest BCUT2D eigenvalue weighted by atomic mass is 79.9. The zero-order chi connectivity index (χ0) is 11.4. The molecule has 1 N–H and O–H groups in total. The monoisotopic (exact) mass is 277 g/mol. The van der Waals surface area contributed by atoms with Gasteiger partial charge in [0.05, 0.1) is 7.11 Å². The van der Waals surface area contributed by atoms with Crippen molar-refractivity contribution in [3.63, 3.8) is 0 Å². The largest absolute Gasteiger partial charge is 0.468 e. The predicted molar refractivity (Wildman–Crippen MR) is 59.6 cm³/mol. The van der Waals surface area contributed by atoms with Crippen LogP contribution in [0.15, 0.2) is 0 Å². The fourth-order valence-electron chi connectivity index (χ4n) is 1.37. The van der Waals surface area contributed by atoms with E-state index in [1.165, 1.54) is 7.11 Å². The van der Waals surface area contributed by atoms with Gasteiger partial charge in [-0.3, -0.25) is 9.59 Å². The number of hydrogen-bond acceptors (Lipinski definition) is 3. The van der Waals surface area contributed by atoms with E-state index in [0.717, 1.165) is 12.8 Å². The van der Waals surface area contributed by atoms with Crippen LogP contribution >= 0.6 is 15.9 Å². The molecule has 5 heteroatoms. The van der Waals surface area contributed by atoms with E-state index < -0.39 is 4.83 Å². The lowest BCUT2D eigenvalue weighted by Crippen LogP contribution is -2.37. The van der Waals surface area contributed by atoms with Crippen LogP contribution in [0.2, 0.25) is 0 Å². The Morgan fingerprint density at radius 1 is 1.53 bits per heavy atom. The van der Waals surface area contributed by atoms with Crippen LogP contribution in [0, 0.1) is 11.8 Å². The number of amides is 1. The summed E-state index contributed by atoms with van der Waals surface area (Å²) in [5.74, 6) is 0.250. The molecule has 2 unspecified atom stereocenters. The van der Waals surface area contributed by atoms with E-state index in [1.54, 1.807) is 0 Å². The standard InChI is InChI=1S/C10H16BrNO3/c1-6(7-3-4-7)9(13)12-5-8(11)10(14)15-2/h6-8H,3-5H2,1-2H3,(H,12,13). The van der Waals surface area contributed by atoms with Crippen molar-refractivity contribution in [2.75, 3.05) is 13.7 Å². The molecule has 0 heterocycles. The van der Waals surface area contributed by atoms with Crippen LogP contribution in [0.1, 0.15) is 19.8 Å². The first-order chi connectivity index (χ1) is 7.06. The molecule has 0 bridgehead atoms. The Hall–Kier alpha value is -0.580. The first-order valence-corrected chi connectivity index (χ1v) is 5.97. The number of alkyl halides is 1. The van der Waals surface area contributed by atoms with E-state index >= 15 is 0 Å². The van der Waals surface area contributed by atoms with Crippen LogP contribution < -0.4 is 5.32 Å². The number of methoxy groups -OCH3 is 1.